The number of H-pyrrole nitrogens is 1. The second-order valence-corrected chi connectivity index (χ2v) is 5.68. The summed E-state index contributed by atoms with van der Waals surface area (Å²) < 4.78 is 0.807. The van der Waals surface area contributed by atoms with E-state index < -0.39 is 28.6 Å². The van der Waals surface area contributed by atoms with E-state index in [0.29, 0.717) is 11.1 Å². The highest BCUT2D eigenvalue weighted by Crippen LogP contribution is 2.33. The largest absolute Gasteiger partial charge is 0.478 e. The molecule has 1 heterocycles. The van der Waals surface area contributed by atoms with Crippen molar-refractivity contribution in [3.05, 3.63) is 48.8 Å². The van der Waals surface area contributed by atoms with Crippen LogP contribution in [0.4, 0.5) is 5.82 Å². The van der Waals surface area contributed by atoms with Crippen LogP contribution in [0.3, 0.4) is 0 Å². The molecular formula is C14H11IN2O5. The Bertz CT molecular complexity index is 857. The summed E-state index contributed by atoms with van der Waals surface area (Å²) >= 11 is 2.04. The van der Waals surface area contributed by atoms with Gasteiger partial charge in [-0.2, -0.15) is 0 Å². The molecule has 22 heavy (non-hydrogen) atoms. The summed E-state index contributed by atoms with van der Waals surface area (Å²) in [5.74, 6) is -3.31. The maximum Gasteiger partial charge on any atom is 0.342 e. The number of anilines is 1. The molecule has 5 N–H and O–H groups in total. The number of carbonyl (C=O) groups is 2. The first-order valence-corrected chi connectivity index (χ1v) is 7.11. The van der Waals surface area contributed by atoms with Crippen LogP contribution >= 0.6 is 22.6 Å². The van der Waals surface area contributed by atoms with Gasteiger partial charge in [-0.1, -0.05) is 12.1 Å². The van der Waals surface area contributed by atoms with E-state index in [1.165, 1.54) is 0 Å². The van der Waals surface area contributed by atoms with Gasteiger partial charge in [0.25, 0.3) is 5.56 Å². The monoisotopic (exact) mass is 414 g/mol. The van der Waals surface area contributed by atoms with Crippen molar-refractivity contribution in [1.29, 1.82) is 0 Å². The van der Waals surface area contributed by atoms with Crippen molar-refractivity contribution in [3.63, 3.8) is 0 Å². The number of pyridine rings is 1. The van der Waals surface area contributed by atoms with Crippen LogP contribution in [-0.2, 0) is 0 Å². The molecule has 0 aliphatic heterocycles. The molecule has 0 saturated heterocycles. The fourth-order valence-corrected chi connectivity index (χ4v) is 2.69. The van der Waals surface area contributed by atoms with E-state index in [1.54, 1.807) is 25.1 Å². The predicted octanol–water partition coefficient (Wildman–Crippen LogP) is 1.93. The van der Waals surface area contributed by atoms with E-state index in [0.717, 1.165) is 3.57 Å². The summed E-state index contributed by atoms with van der Waals surface area (Å²) in [5, 5.41) is 18.7. The average molecular weight is 414 g/mol. The lowest BCUT2D eigenvalue weighted by molar-refractivity contribution is 0.0695. The van der Waals surface area contributed by atoms with Crippen LogP contribution in [-0.4, -0.2) is 27.1 Å². The minimum Gasteiger partial charge on any atom is -0.478 e. The van der Waals surface area contributed by atoms with Crippen LogP contribution in [0.15, 0.2) is 23.0 Å². The highest BCUT2D eigenvalue weighted by atomic mass is 127. The number of aromatic nitrogens is 1. The fraction of sp³-hybridized carbons (Fsp3) is 0.0714. The van der Waals surface area contributed by atoms with Crippen LogP contribution in [0.2, 0.25) is 0 Å². The van der Waals surface area contributed by atoms with Crippen molar-refractivity contribution >= 4 is 40.3 Å². The number of aromatic carboxylic acids is 2. The Morgan fingerprint density at radius 2 is 1.77 bits per heavy atom. The molecule has 0 spiro atoms. The van der Waals surface area contributed by atoms with Gasteiger partial charge in [-0.15, -0.1) is 0 Å². The number of carboxylic acid groups (broad SMARTS) is 2. The Morgan fingerprint density at radius 1 is 1.18 bits per heavy atom. The van der Waals surface area contributed by atoms with Crippen LogP contribution in [0, 0.1) is 10.5 Å². The second kappa shape index (κ2) is 5.79. The zero-order valence-corrected chi connectivity index (χ0v) is 13.5. The lowest BCUT2D eigenvalue weighted by atomic mass is 9.92. The van der Waals surface area contributed by atoms with Gasteiger partial charge in [0, 0.05) is 9.13 Å². The van der Waals surface area contributed by atoms with Gasteiger partial charge >= 0.3 is 11.9 Å². The molecule has 1 aromatic carbocycles. The predicted molar refractivity (Wildman–Crippen MR) is 88.3 cm³/mol. The van der Waals surface area contributed by atoms with E-state index in [1.807, 2.05) is 22.6 Å². The molecule has 2 rings (SSSR count). The molecule has 2 aromatic rings. The highest BCUT2D eigenvalue weighted by Gasteiger charge is 2.27. The number of aromatic amines is 1. The van der Waals surface area contributed by atoms with Crippen molar-refractivity contribution in [2.24, 2.45) is 0 Å². The third-order valence-corrected chi connectivity index (χ3v) is 4.38. The number of hydrogen-bond donors (Lipinski definition) is 4. The highest BCUT2D eigenvalue weighted by molar-refractivity contribution is 14.1. The van der Waals surface area contributed by atoms with Gasteiger partial charge in [0.2, 0.25) is 0 Å². The number of carboxylic acids is 2. The maximum absolute atomic E-state index is 11.9. The minimum atomic E-state index is -1.52. The van der Waals surface area contributed by atoms with Crippen LogP contribution in [0.1, 0.15) is 26.3 Å². The van der Waals surface area contributed by atoms with Crippen molar-refractivity contribution in [1.82, 2.24) is 4.98 Å². The number of benzene rings is 1. The number of nitrogens with two attached hydrogens (primary N) is 1. The molecule has 0 fully saturated rings. The number of nitrogen functional groups attached to an aromatic ring is 1. The Balaban J connectivity index is 3.06. The number of halogens is 1. The van der Waals surface area contributed by atoms with Gasteiger partial charge in [-0.3, -0.25) is 4.79 Å². The number of rotatable bonds is 3. The topological polar surface area (TPSA) is 133 Å². The van der Waals surface area contributed by atoms with Crippen LogP contribution < -0.4 is 11.3 Å². The number of hydrogen-bond acceptors (Lipinski definition) is 4. The summed E-state index contributed by atoms with van der Waals surface area (Å²) in [6, 6.07) is 5.00. The van der Waals surface area contributed by atoms with Gasteiger partial charge in [0.15, 0.2) is 0 Å². The molecular weight excluding hydrogens is 403 g/mol. The molecule has 114 valence electrons. The van der Waals surface area contributed by atoms with E-state index >= 15 is 0 Å². The van der Waals surface area contributed by atoms with E-state index in [4.69, 9.17) is 5.73 Å². The van der Waals surface area contributed by atoms with E-state index in [-0.39, 0.29) is 11.4 Å². The summed E-state index contributed by atoms with van der Waals surface area (Å²) in [4.78, 5) is 37.0. The summed E-state index contributed by atoms with van der Waals surface area (Å²) in [6.07, 6.45) is 0. The second-order valence-electron chi connectivity index (χ2n) is 4.52. The molecule has 0 aliphatic rings. The molecule has 0 atom stereocenters. The molecule has 0 unspecified atom stereocenters. The van der Waals surface area contributed by atoms with Gasteiger partial charge in [0.05, 0.1) is 0 Å². The molecule has 0 saturated carbocycles. The van der Waals surface area contributed by atoms with Crippen LogP contribution in [0.25, 0.3) is 11.1 Å². The third kappa shape index (κ3) is 2.56. The molecule has 0 bridgehead atoms. The molecule has 0 radical (unpaired) electrons. The molecule has 0 aliphatic carbocycles. The van der Waals surface area contributed by atoms with E-state index in [9.17, 15) is 24.6 Å². The average Bonchev–Trinajstić information content (AvgIpc) is 2.39. The van der Waals surface area contributed by atoms with Crippen molar-refractivity contribution in [2.45, 2.75) is 6.92 Å². The normalized spacial score (nSPS) is 10.5. The van der Waals surface area contributed by atoms with Gasteiger partial charge < -0.3 is 20.9 Å². The van der Waals surface area contributed by atoms with Crippen molar-refractivity contribution < 1.29 is 19.8 Å². The van der Waals surface area contributed by atoms with E-state index in [2.05, 4.69) is 4.98 Å². The van der Waals surface area contributed by atoms with Crippen molar-refractivity contribution in [2.75, 3.05) is 5.73 Å². The minimum absolute atomic E-state index is 0.183. The quantitative estimate of drug-likeness (QED) is 0.568. The molecule has 8 heteroatoms. The molecule has 0 amide bonds. The third-order valence-electron chi connectivity index (χ3n) is 3.21. The Kier molecular flexibility index (Phi) is 4.22. The number of nitrogens with one attached hydrogen (secondary N) is 1. The maximum atomic E-state index is 11.9. The smallest absolute Gasteiger partial charge is 0.342 e. The summed E-state index contributed by atoms with van der Waals surface area (Å²) in [5.41, 5.74) is 4.40. The molecule has 7 nitrogen and oxygen atoms in total. The standard InChI is InChI=1S/C14H11IN2O5/c1-5-6(3-2-4-7(5)15)8-9(13(19)20)11(16)17-12(18)10(8)14(21)22/h2-4H,1H3,(H,19,20)(H,21,22)(H3,16,17,18). The first-order valence-electron chi connectivity index (χ1n) is 6.03. The lowest BCUT2D eigenvalue weighted by Crippen LogP contribution is -2.24. The molecule has 1 aromatic heterocycles. The van der Waals surface area contributed by atoms with Gasteiger partial charge in [0.1, 0.15) is 16.9 Å². The van der Waals surface area contributed by atoms with Crippen molar-refractivity contribution in [3.8, 4) is 11.1 Å². The zero-order valence-electron chi connectivity index (χ0n) is 11.3. The summed E-state index contributed by atoms with van der Waals surface area (Å²) in [7, 11) is 0. The van der Waals surface area contributed by atoms with Crippen LogP contribution in [0.5, 0.6) is 0 Å². The Morgan fingerprint density at radius 3 is 2.32 bits per heavy atom. The summed E-state index contributed by atoms with van der Waals surface area (Å²) in [6.45, 7) is 1.71. The first-order chi connectivity index (χ1) is 10.3. The van der Waals surface area contributed by atoms with Gasteiger partial charge in [-0.05, 0) is 46.7 Å². The lowest BCUT2D eigenvalue weighted by Gasteiger charge is -2.14. The zero-order chi connectivity index (χ0) is 16.6. The Labute approximate surface area is 137 Å². The Hall–Kier alpha value is -2.36. The SMILES string of the molecule is Cc1c(I)cccc1-c1c(C(=O)O)c(N)[nH]c(=O)c1C(=O)O. The fourth-order valence-electron chi connectivity index (χ4n) is 2.19. The van der Waals surface area contributed by atoms with Gasteiger partial charge in [-0.25, -0.2) is 9.59 Å². The first kappa shape index (κ1) is 16.0.